The highest BCUT2D eigenvalue weighted by Crippen LogP contribution is 2.17. The zero-order chi connectivity index (χ0) is 9.86. The van der Waals surface area contributed by atoms with Crippen LogP contribution in [0.2, 0.25) is 0 Å². The molecule has 0 bridgehead atoms. The van der Waals surface area contributed by atoms with Crippen molar-refractivity contribution in [3.8, 4) is 0 Å². The van der Waals surface area contributed by atoms with Crippen LogP contribution >= 0.6 is 11.3 Å². The molecule has 1 unspecified atom stereocenters. The van der Waals surface area contributed by atoms with Gasteiger partial charge in [0.1, 0.15) is 5.60 Å². The Morgan fingerprint density at radius 3 is 3.21 bits per heavy atom. The molecule has 0 radical (unpaired) electrons. The van der Waals surface area contributed by atoms with Crippen LogP contribution in [0.1, 0.15) is 12.0 Å². The summed E-state index contributed by atoms with van der Waals surface area (Å²) < 4.78 is 5.16. The van der Waals surface area contributed by atoms with Crippen molar-refractivity contribution in [1.82, 2.24) is 5.32 Å². The third-order valence-corrected chi connectivity index (χ3v) is 3.18. The average Bonchev–Trinajstić information content (AvgIpc) is 2.77. The third kappa shape index (κ3) is 2.54. The Morgan fingerprint density at radius 2 is 2.57 bits per heavy atom. The smallest absolute Gasteiger partial charge is 0.102 e. The lowest BCUT2D eigenvalue weighted by Gasteiger charge is -2.20. The van der Waals surface area contributed by atoms with Crippen molar-refractivity contribution >= 4 is 11.3 Å². The minimum absolute atomic E-state index is 0.462. The lowest BCUT2D eigenvalue weighted by molar-refractivity contribution is 0.0268. The van der Waals surface area contributed by atoms with Crippen molar-refractivity contribution in [2.24, 2.45) is 0 Å². The van der Waals surface area contributed by atoms with Crippen LogP contribution in [-0.2, 0) is 11.3 Å². The van der Waals surface area contributed by atoms with Crippen LogP contribution in [0.4, 0.5) is 0 Å². The van der Waals surface area contributed by atoms with Crippen LogP contribution in [0.3, 0.4) is 0 Å². The topological polar surface area (TPSA) is 41.5 Å². The van der Waals surface area contributed by atoms with Gasteiger partial charge in [-0.15, -0.1) is 0 Å². The van der Waals surface area contributed by atoms with E-state index in [1.165, 1.54) is 5.56 Å². The van der Waals surface area contributed by atoms with E-state index in [2.05, 4.69) is 22.1 Å². The van der Waals surface area contributed by atoms with Crippen LogP contribution in [0.5, 0.6) is 0 Å². The van der Waals surface area contributed by atoms with Crippen molar-refractivity contribution in [1.29, 1.82) is 0 Å². The summed E-state index contributed by atoms with van der Waals surface area (Å²) in [6.45, 7) is 2.58. The van der Waals surface area contributed by atoms with E-state index in [1.54, 1.807) is 11.3 Å². The molecule has 2 rings (SSSR count). The fraction of sp³-hybridized carbons (Fsp3) is 0.600. The van der Waals surface area contributed by atoms with Crippen molar-refractivity contribution in [2.45, 2.75) is 18.6 Å². The SMILES string of the molecule is OC1(CNCc2ccsc2)CCOC1. The molecule has 0 spiro atoms. The Bertz CT molecular complexity index is 268. The first kappa shape index (κ1) is 10.1. The molecule has 4 heteroatoms. The monoisotopic (exact) mass is 213 g/mol. The van der Waals surface area contributed by atoms with E-state index in [1.807, 2.05) is 0 Å². The van der Waals surface area contributed by atoms with Crippen LogP contribution in [0.15, 0.2) is 16.8 Å². The summed E-state index contributed by atoms with van der Waals surface area (Å²) in [5, 5.41) is 17.4. The van der Waals surface area contributed by atoms with Crippen LogP contribution in [0, 0.1) is 0 Å². The minimum atomic E-state index is -0.643. The molecule has 1 aliphatic rings. The maximum atomic E-state index is 9.93. The van der Waals surface area contributed by atoms with E-state index in [4.69, 9.17) is 4.74 Å². The van der Waals surface area contributed by atoms with Gasteiger partial charge < -0.3 is 15.2 Å². The summed E-state index contributed by atoms with van der Waals surface area (Å²) in [5.41, 5.74) is 0.633. The van der Waals surface area contributed by atoms with E-state index in [0.717, 1.165) is 13.0 Å². The normalized spacial score (nSPS) is 26.9. The molecule has 1 aromatic heterocycles. The van der Waals surface area contributed by atoms with Crippen molar-refractivity contribution in [3.05, 3.63) is 22.4 Å². The summed E-state index contributed by atoms with van der Waals surface area (Å²) in [6.07, 6.45) is 0.740. The molecule has 1 fully saturated rings. The molecule has 1 aliphatic heterocycles. The van der Waals surface area contributed by atoms with Crippen molar-refractivity contribution < 1.29 is 9.84 Å². The van der Waals surface area contributed by atoms with Gasteiger partial charge in [0, 0.05) is 26.1 Å². The van der Waals surface area contributed by atoms with Gasteiger partial charge >= 0.3 is 0 Å². The molecule has 0 amide bonds. The molecular weight excluding hydrogens is 198 g/mol. The predicted octanol–water partition coefficient (Wildman–Crippen LogP) is 0.989. The first-order chi connectivity index (χ1) is 6.79. The number of nitrogens with one attached hydrogen (secondary N) is 1. The highest BCUT2D eigenvalue weighted by Gasteiger charge is 2.31. The van der Waals surface area contributed by atoms with E-state index >= 15 is 0 Å². The second-order valence-electron chi connectivity index (χ2n) is 3.76. The highest BCUT2D eigenvalue weighted by atomic mass is 32.1. The maximum absolute atomic E-state index is 9.93. The molecule has 14 heavy (non-hydrogen) atoms. The highest BCUT2D eigenvalue weighted by molar-refractivity contribution is 7.07. The fourth-order valence-corrected chi connectivity index (χ4v) is 2.24. The second kappa shape index (κ2) is 4.40. The number of hydrogen-bond donors (Lipinski definition) is 2. The van der Waals surface area contributed by atoms with Gasteiger partial charge in [0.05, 0.1) is 6.61 Å². The second-order valence-corrected chi connectivity index (χ2v) is 4.54. The molecule has 3 nitrogen and oxygen atoms in total. The van der Waals surface area contributed by atoms with Crippen LogP contribution in [-0.4, -0.2) is 30.5 Å². The Labute approximate surface area is 87.7 Å². The quantitative estimate of drug-likeness (QED) is 0.783. The Morgan fingerprint density at radius 1 is 1.64 bits per heavy atom. The van der Waals surface area contributed by atoms with Gasteiger partial charge in [-0.25, -0.2) is 0 Å². The number of thiophene rings is 1. The molecule has 2 heterocycles. The number of aliphatic hydroxyl groups is 1. The Hall–Kier alpha value is -0.420. The largest absolute Gasteiger partial charge is 0.386 e. The van der Waals surface area contributed by atoms with Gasteiger partial charge in [0.2, 0.25) is 0 Å². The van der Waals surface area contributed by atoms with Gasteiger partial charge in [-0.05, 0) is 22.4 Å². The van der Waals surface area contributed by atoms with Gasteiger partial charge in [-0.1, -0.05) is 0 Å². The molecule has 0 saturated carbocycles. The lowest BCUT2D eigenvalue weighted by atomic mass is 10.0. The molecule has 0 aliphatic carbocycles. The lowest BCUT2D eigenvalue weighted by Crippen LogP contribution is -2.40. The summed E-state index contributed by atoms with van der Waals surface area (Å²) in [6, 6.07) is 2.09. The van der Waals surface area contributed by atoms with Gasteiger partial charge in [0.15, 0.2) is 0 Å². The van der Waals surface area contributed by atoms with Gasteiger partial charge in [-0.3, -0.25) is 0 Å². The van der Waals surface area contributed by atoms with E-state index < -0.39 is 5.60 Å². The number of rotatable bonds is 4. The predicted molar refractivity (Wildman–Crippen MR) is 56.4 cm³/mol. The molecular formula is C10H15NO2S. The van der Waals surface area contributed by atoms with Crippen molar-refractivity contribution in [2.75, 3.05) is 19.8 Å². The summed E-state index contributed by atoms with van der Waals surface area (Å²) in [4.78, 5) is 0. The molecule has 1 aromatic rings. The third-order valence-electron chi connectivity index (χ3n) is 2.45. The Kier molecular flexibility index (Phi) is 3.18. The zero-order valence-corrected chi connectivity index (χ0v) is 8.85. The van der Waals surface area contributed by atoms with Crippen LogP contribution < -0.4 is 5.32 Å². The zero-order valence-electron chi connectivity index (χ0n) is 8.03. The minimum Gasteiger partial charge on any atom is -0.386 e. The molecule has 1 saturated heterocycles. The van der Waals surface area contributed by atoms with E-state index in [9.17, 15) is 5.11 Å². The first-order valence-corrected chi connectivity index (χ1v) is 5.75. The van der Waals surface area contributed by atoms with Gasteiger partial charge in [-0.2, -0.15) is 11.3 Å². The maximum Gasteiger partial charge on any atom is 0.102 e. The summed E-state index contributed by atoms with van der Waals surface area (Å²) in [7, 11) is 0. The Balaban J connectivity index is 1.72. The average molecular weight is 213 g/mol. The first-order valence-electron chi connectivity index (χ1n) is 4.80. The molecule has 0 aromatic carbocycles. The summed E-state index contributed by atoms with van der Waals surface area (Å²) >= 11 is 1.69. The fourth-order valence-electron chi connectivity index (χ4n) is 1.57. The standard InChI is InChI=1S/C10H15NO2S/c12-10(2-3-13-8-10)7-11-5-9-1-4-14-6-9/h1,4,6,11-12H,2-3,5,7-8H2. The van der Waals surface area contributed by atoms with Gasteiger partial charge in [0.25, 0.3) is 0 Å². The van der Waals surface area contributed by atoms with Crippen molar-refractivity contribution in [3.63, 3.8) is 0 Å². The number of hydrogen-bond acceptors (Lipinski definition) is 4. The number of ether oxygens (including phenoxy) is 1. The summed E-state index contributed by atoms with van der Waals surface area (Å²) in [5.74, 6) is 0. The molecule has 78 valence electrons. The van der Waals surface area contributed by atoms with E-state index in [0.29, 0.717) is 19.8 Å². The van der Waals surface area contributed by atoms with E-state index in [-0.39, 0.29) is 0 Å². The van der Waals surface area contributed by atoms with Crippen LogP contribution in [0.25, 0.3) is 0 Å². The molecule has 2 N–H and O–H groups in total. The molecule has 1 atom stereocenters.